The number of benzene rings is 1. The van der Waals surface area contributed by atoms with Gasteiger partial charge in [0.1, 0.15) is 0 Å². The highest BCUT2D eigenvalue weighted by atomic mass is 14.6. The highest BCUT2D eigenvalue weighted by Crippen LogP contribution is 2.19. The van der Waals surface area contributed by atoms with Crippen molar-refractivity contribution in [2.45, 2.75) is 58.7 Å². The Labute approximate surface area is 137 Å². The van der Waals surface area contributed by atoms with E-state index in [2.05, 4.69) is 57.8 Å². The van der Waals surface area contributed by atoms with Gasteiger partial charge in [0, 0.05) is 12.4 Å². The molecule has 0 aliphatic heterocycles. The van der Waals surface area contributed by atoms with Gasteiger partial charge >= 0.3 is 0 Å². The molecule has 0 saturated heterocycles. The van der Waals surface area contributed by atoms with Crippen LogP contribution in [-0.2, 0) is 0 Å². The van der Waals surface area contributed by atoms with E-state index in [0.29, 0.717) is 11.8 Å². The van der Waals surface area contributed by atoms with Crippen molar-refractivity contribution in [2.24, 2.45) is 0 Å². The van der Waals surface area contributed by atoms with E-state index >= 15 is 0 Å². The molecule has 1 aromatic heterocycles. The molecule has 2 radical (unpaired) electrons. The first-order chi connectivity index (χ1) is 10.5. The molecule has 1 atom stereocenters. The number of aromatic nitrogens is 1. The summed E-state index contributed by atoms with van der Waals surface area (Å²) in [5.74, 6) is 1.37. The minimum Gasteiger partial charge on any atom is -0.264 e. The molecular formula is C20H28BN. The minimum atomic E-state index is 0.209. The second kappa shape index (κ2) is 9.45. The normalized spacial score (nSPS) is 12.0. The van der Waals surface area contributed by atoms with Gasteiger partial charge in [-0.1, -0.05) is 88.8 Å². The van der Waals surface area contributed by atoms with Crippen LogP contribution < -0.4 is 0 Å². The second-order valence-electron chi connectivity index (χ2n) is 6.29. The largest absolute Gasteiger partial charge is 0.264 e. The fraction of sp³-hybridized carbons (Fsp3) is 0.450. The average Bonchev–Trinajstić information content (AvgIpc) is 2.55. The van der Waals surface area contributed by atoms with Crippen molar-refractivity contribution in [1.29, 1.82) is 0 Å². The van der Waals surface area contributed by atoms with Crippen LogP contribution in [-0.4, -0.2) is 12.8 Å². The summed E-state index contributed by atoms with van der Waals surface area (Å²) in [4.78, 5) is 4.23. The zero-order chi connectivity index (χ0) is 16.5. The number of hydrogen-bond acceptors (Lipinski definition) is 1. The maximum atomic E-state index is 5.79. The fourth-order valence-electron chi connectivity index (χ4n) is 2.04. The molecule has 1 nitrogen and oxygen atoms in total. The Kier molecular flexibility index (Phi) is 7.94. The van der Waals surface area contributed by atoms with Crippen molar-refractivity contribution in [2.75, 3.05) is 0 Å². The van der Waals surface area contributed by atoms with Crippen LogP contribution >= 0.6 is 0 Å². The quantitative estimate of drug-likeness (QED) is 0.665. The van der Waals surface area contributed by atoms with Gasteiger partial charge in [-0.25, -0.2) is 0 Å². The van der Waals surface area contributed by atoms with Gasteiger partial charge in [0.25, 0.3) is 0 Å². The van der Waals surface area contributed by atoms with E-state index in [1.54, 1.807) is 0 Å². The van der Waals surface area contributed by atoms with Crippen LogP contribution in [0.2, 0.25) is 0 Å². The third-order valence-electron chi connectivity index (χ3n) is 3.78. The van der Waals surface area contributed by atoms with Crippen LogP contribution in [0, 0.1) is 0 Å². The van der Waals surface area contributed by atoms with Gasteiger partial charge in [-0.3, -0.25) is 4.98 Å². The molecule has 2 aromatic rings. The molecule has 1 heterocycles. The van der Waals surface area contributed by atoms with Crippen LogP contribution in [0.3, 0.4) is 0 Å². The predicted molar refractivity (Wildman–Crippen MR) is 97.6 cm³/mol. The van der Waals surface area contributed by atoms with E-state index in [0.717, 1.165) is 6.42 Å². The summed E-state index contributed by atoms with van der Waals surface area (Å²) in [6.45, 7) is 10.9. The second-order valence-corrected chi connectivity index (χ2v) is 6.29. The molecule has 1 unspecified atom stereocenters. The van der Waals surface area contributed by atoms with E-state index in [-0.39, 0.29) is 5.82 Å². The minimum absolute atomic E-state index is 0.209. The summed E-state index contributed by atoms with van der Waals surface area (Å²) < 4.78 is 0. The molecule has 22 heavy (non-hydrogen) atoms. The highest BCUT2D eigenvalue weighted by Gasteiger charge is 2.03. The summed E-state index contributed by atoms with van der Waals surface area (Å²) in [5, 5.41) is 0. The number of nitrogens with zero attached hydrogens (tertiary/aromatic N) is 1. The monoisotopic (exact) mass is 293 g/mol. The van der Waals surface area contributed by atoms with Gasteiger partial charge in [-0.05, 0) is 23.0 Å². The summed E-state index contributed by atoms with van der Waals surface area (Å²) in [6.07, 6.45) is 4.91. The van der Waals surface area contributed by atoms with Gasteiger partial charge in [0.05, 0.1) is 7.85 Å². The molecule has 2 rings (SSSR count). The molecule has 0 aliphatic carbocycles. The molecule has 0 bridgehead atoms. The van der Waals surface area contributed by atoms with Crippen LogP contribution in [0.25, 0.3) is 0 Å². The highest BCUT2D eigenvalue weighted by molar-refractivity contribution is 6.12. The van der Waals surface area contributed by atoms with E-state index in [1.165, 1.54) is 16.7 Å². The van der Waals surface area contributed by atoms with E-state index in [9.17, 15) is 0 Å². The molecule has 0 fully saturated rings. The van der Waals surface area contributed by atoms with Gasteiger partial charge in [-0.2, -0.15) is 0 Å². The van der Waals surface area contributed by atoms with Crippen molar-refractivity contribution in [1.82, 2.24) is 4.98 Å². The predicted octanol–water partition coefficient (Wildman–Crippen LogP) is 5.63. The zero-order valence-corrected chi connectivity index (χ0v) is 14.6. The lowest BCUT2D eigenvalue weighted by molar-refractivity contribution is 0.820. The van der Waals surface area contributed by atoms with Crippen molar-refractivity contribution in [3.05, 3.63) is 65.5 Å². The molecule has 0 amide bonds. The Hall–Kier alpha value is -1.57. The Bertz CT molecular complexity index is 511. The molecule has 1 aromatic carbocycles. The third kappa shape index (κ3) is 6.05. The molecule has 0 spiro atoms. The van der Waals surface area contributed by atoms with Crippen LogP contribution in [0.1, 0.15) is 75.4 Å². The molecule has 2 heteroatoms. The van der Waals surface area contributed by atoms with Crippen molar-refractivity contribution < 1.29 is 0 Å². The summed E-state index contributed by atoms with van der Waals surface area (Å²) >= 11 is 0. The maximum Gasteiger partial charge on any atom is 0.0763 e. The first kappa shape index (κ1) is 18.5. The Morgan fingerprint density at radius 1 is 0.864 bits per heavy atom. The smallest absolute Gasteiger partial charge is 0.0763 e. The molecule has 0 N–H and O–H groups in total. The lowest BCUT2D eigenvalue weighted by atomic mass is 9.79. The Balaban J connectivity index is 0.000000224. The third-order valence-corrected chi connectivity index (χ3v) is 3.78. The Morgan fingerprint density at radius 2 is 1.36 bits per heavy atom. The van der Waals surface area contributed by atoms with E-state index in [1.807, 2.05) is 30.6 Å². The lowest BCUT2D eigenvalue weighted by Gasteiger charge is -2.09. The van der Waals surface area contributed by atoms with Gasteiger partial charge in [0.2, 0.25) is 0 Å². The number of rotatable bonds is 4. The standard InChI is InChI=1S/C11H17N.C9H11B/c1-8(2)10-5-11(9(3)4)7-12-6-10;1-2-9(10)8-6-4-3-5-7-8/h5-9H,1-4H3;3-7,9H,2H2,1H3. The molecule has 0 saturated carbocycles. The van der Waals surface area contributed by atoms with Crippen molar-refractivity contribution in [3.8, 4) is 0 Å². The SMILES string of the molecule is CC(C)c1cncc(C(C)C)c1.[B]C(CC)c1ccccc1. The van der Waals surface area contributed by atoms with Crippen LogP contribution in [0.15, 0.2) is 48.8 Å². The summed E-state index contributed by atoms with van der Waals surface area (Å²) in [5.41, 5.74) is 3.90. The first-order valence-corrected chi connectivity index (χ1v) is 8.21. The molecule has 0 aliphatic rings. The first-order valence-electron chi connectivity index (χ1n) is 8.21. The zero-order valence-electron chi connectivity index (χ0n) is 14.6. The number of pyridine rings is 1. The van der Waals surface area contributed by atoms with Crippen molar-refractivity contribution >= 4 is 7.85 Å². The fourth-order valence-corrected chi connectivity index (χ4v) is 2.04. The van der Waals surface area contributed by atoms with E-state index in [4.69, 9.17) is 7.85 Å². The Morgan fingerprint density at radius 3 is 1.77 bits per heavy atom. The number of hydrogen-bond donors (Lipinski definition) is 0. The summed E-state index contributed by atoms with van der Waals surface area (Å²) in [7, 11) is 5.79. The van der Waals surface area contributed by atoms with Gasteiger partial charge in [0.15, 0.2) is 0 Å². The van der Waals surface area contributed by atoms with Crippen LogP contribution in [0.5, 0.6) is 0 Å². The maximum absolute atomic E-state index is 5.79. The topological polar surface area (TPSA) is 12.9 Å². The van der Waals surface area contributed by atoms with E-state index < -0.39 is 0 Å². The lowest BCUT2D eigenvalue weighted by Crippen LogP contribution is -1.94. The van der Waals surface area contributed by atoms with Gasteiger partial charge in [-0.15, -0.1) is 0 Å². The van der Waals surface area contributed by atoms with Crippen LogP contribution in [0.4, 0.5) is 0 Å². The van der Waals surface area contributed by atoms with Crippen molar-refractivity contribution in [3.63, 3.8) is 0 Å². The summed E-state index contributed by atoms with van der Waals surface area (Å²) in [6, 6.07) is 12.4. The molecule has 116 valence electrons. The average molecular weight is 293 g/mol. The van der Waals surface area contributed by atoms with Gasteiger partial charge < -0.3 is 0 Å². The molecular weight excluding hydrogens is 265 g/mol.